The van der Waals surface area contributed by atoms with Crippen molar-refractivity contribution < 1.29 is 13.6 Å². The molecule has 0 unspecified atom stereocenters. The van der Waals surface area contributed by atoms with Crippen LogP contribution in [0.25, 0.3) is 0 Å². The van der Waals surface area contributed by atoms with Crippen LogP contribution in [0.5, 0.6) is 0 Å². The maximum Gasteiger partial charge on any atom is 0.270 e. The first-order valence-electron chi connectivity index (χ1n) is 6.17. The molecule has 0 aliphatic carbocycles. The molecule has 1 heterocycles. The van der Waals surface area contributed by atoms with Crippen LogP contribution in [0.15, 0.2) is 49.2 Å². The molecule has 0 saturated carbocycles. The molecular formula is C15H13F2N3O. The second-order valence-corrected chi connectivity index (χ2v) is 4.18. The molecule has 0 aliphatic rings. The standard InChI is InChI=1S/C15H13F2N3O/c1-2-7-18-15(21)14-6-4-11(9-19-14)20-13-5-3-10(16)8-12(13)17/h2-6,8-9,20H,1,7H2,(H,18,21). The summed E-state index contributed by atoms with van der Waals surface area (Å²) in [7, 11) is 0. The van der Waals surface area contributed by atoms with E-state index < -0.39 is 11.6 Å². The van der Waals surface area contributed by atoms with E-state index >= 15 is 0 Å². The molecule has 0 bridgehead atoms. The molecule has 6 heteroatoms. The van der Waals surface area contributed by atoms with Crippen molar-refractivity contribution in [1.29, 1.82) is 0 Å². The molecule has 21 heavy (non-hydrogen) atoms. The van der Waals surface area contributed by atoms with Gasteiger partial charge >= 0.3 is 0 Å². The van der Waals surface area contributed by atoms with Gasteiger partial charge < -0.3 is 10.6 Å². The van der Waals surface area contributed by atoms with Crippen molar-refractivity contribution in [2.75, 3.05) is 11.9 Å². The zero-order valence-electron chi connectivity index (χ0n) is 11.1. The van der Waals surface area contributed by atoms with E-state index in [1.165, 1.54) is 18.3 Å². The van der Waals surface area contributed by atoms with Crippen molar-refractivity contribution >= 4 is 17.3 Å². The van der Waals surface area contributed by atoms with E-state index in [2.05, 4.69) is 22.2 Å². The van der Waals surface area contributed by atoms with Gasteiger partial charge in [-0.15, -0.1) is 6.58 Å². The summed E-state index contributed by atoms with van der Waals surface area (Å²) in [5.41, 5.74) is 0.852. The first kappa shape index (κ1) is 14.6. The van der Waals surface area contributed by atoms with Crippen LogP contribution in [0.3, 0.4) is 0 Å². The Morgan fingerprint density at radius 2 is 2.10 bits per heavy atom. The molecule has 4 nitrogen and oxygen atoms in total. The SMILES string of the molecule is C=CCNC(=O)c1ccc(Nc2ccc(F)cc2F)cn1. The molecule has 2 N–H and O–H groups in total. The Balaban J connectivity index is 2.08. The predicted molar refractivity (Wildman–Crippen MR) is 76.4 cm³/mol. The summed E-state index contributed by atoms with van der Waals surface area (Å²) in [6, 6.07) is 6.30. The van der Waals surface area contributed by atoms with Crippen LogP contribution in [0.4, 0.5) is 20.2 Å². The Morgan fingerprint density at radius 1 is 1.29 bits per heavy atom. The Kier molecular flexibility index (Phi) is 4.61. The van der Waals surface area contributed by atoms with Crippen molar-refractivity contribution in [3.05, 3.63) is 66.5 Å². The second kappa shape index (κ2) is 6.60. The molecule has 2 aromatic rings. The van der Waals surface area contributed by atoms with Crippen molar-refractivity contribution in [3.63, 3.8) is 0 Å². The van der Waals surface area contributed by atoms with Crippen molar-refractivity contribution in [1.82, 2.24) is 10.3 Å². The molecule has 0 radical (unpaired) electrons. The lowest BCUT2D eigenvalue weighted by Gasteiger charge is -2.08. The van der Waals surface area contributed by atoms with E-state index in [4.69, 9.17) is 0 Å². The Bertz CT molecular complexity index is 656. The van der Waals surface area contributed by atoms with E-state index in [1.54, 1.807) is 12.1 Å². The first-order valence-corrected chi connectivity index (χ1v) is 6.17. The zero-order chi connectivity index (χ0) is 15.2. The third-order valence-electron chi connectivity index (χ3n) is 2.61. The average molecular weight is 289 g/mol. The topological polar surface area (TPSA) is 54.0 Å². The number of carbonyl (C=O) groups is 1. The maximum atomic E-state index is 13.5. The number of benzene rings is 1. The molecule has 1 aromatic carbocycles. The highest BCUT2D eigenvalue weighted by Gasteiger charge is 2.07. The fraction of sp³-hybridized carbons (Fsp3) is 0.0667. The van der Waals surface area contributed by atoms with Crippen LogP contribution in [0, 0.1) is 11.6 Å². The summed E-state index contributed by atoms with van der Waals surface area (Å²) >= 11 is 0. The highest BCUT2D eigenvalue weighted by molar-refractivity contribution is 5.92. The fourth-order valence-corrected chi connectivity index (χ4v) is 1.60. The van der Waals surface area contributed by atoms with E-state index in [0.717, 1.165) is 12.1 Å². The van der Waals surface area contributed by atoms with Gasteiger partial charge in [-0.3, -0.25) is 4.79 Å². The number of hydrogen-bond donors (Lipinski definition) is 2. The van der Waals surface area contributed by atoms with Gasteiger partial charge in [0.25, 0.3) is 5.91 Å². The van der Waals surface area contributed by atoms with Gasteiger partial charge in [0.2, 0.25) is 0 Å². The molecule has 0 fully saturated rings. The lowest BCUT2D eigenvalue weighted by atomic mass is 10.2. The number of halogens is 2. The number of nitrogens with one attached hydrogen (secondary N) is 2. The molecule has 0 saturated heterocycles. The molecule has 2 rings (SSSR count). The second-order valence-electron chi connectivity index (χ2n) is 4.18. The first-order chi connectivity index (χ1) is 10.1. The third-order valence-corrected chi connectivity index (χ3v) is 2.61. The minimum Gasteiger partial charge on any atom is -0.352 e. The normalized spacial score (nSPS) is 10.0. The minimum absolute atomic E-state index is 0.127. The van der Waals surface area contributed by atoms with Crippen molar-refractivity contribution in [2.24, 2.45) is 0 Å². The van der Waals surface area contributed by atoms with Crippen LogP contribution in [0.2, 0.25) is 0 Å². The van der Waals surface area contributed by atoms with Crippen LogP contribution in [-0.4, -0.2) is 17.4 Å². The number of pyridine rings is 1. The van der Waals surface area contributed by atoms with Gasteiger partial charge in [0.1, 0.15) is 17.3 Å². The molecule has 108 valence electrons. The molecule has 1 aromatic heterocycles. The zero-order valence-corrected chi connectivity index (χ0v) is 11.1. The van der Waals surface area contributed by atoms with E-state index in [1.807, 2.05) is 0 Å². The molecular weight excluding hydrogens is 276 g/mol. The van der Waals surface area contributed by atoms with Gasteiger partial charge in [-0.05, 0) is 24.3 Å². The average Bonchev–Trinajstić information content (AvgIpc) is 2.48. The van der Waals surface area contributed by atoms with Gasteiger partial charge in [0, 0.05) is 12.6 Å². The minimum atomic E-state index is -0.706. The number of anilines is 2. The largest absolute Gasteiger partial charge is 0.352 e. The Labute approximate surface area is 120 Å². The summed E-state index contributed by atoms with van der Waals surface area (Å²) in [6.45, 7) is 3.84. The Morgan fingerprint density at radius 3 is 2.71 bits per heavy atom. The summed E-state index contributed by atoms with van der Waals surface area (Å²) in [5.74, 6) is -1.68. The van der Waals surface area contributed by atoms with Crippen molar-refractivity contribution in [3.8, 4) is 0 Å². The fourth-order valence-electron chi connectivity index (χ4n) is 1.60. The number of carbonyl (C=O) groups excluding carboxylic acids is 1. The number of hydrogen-bond acceptors (Lipinski definition) is 3. The van der Waals surface area contributed by atoms with Crippen LogP contribution < -0.4 is 10.6 Å². The molecule has 0 atom stereocenters. The van der Waals surface area contributed by atoms with Gasteiger partial charge in [-0.25, -0.2) is 13.8 Å². The third kappa shape index (κ3) is 3.85. The summed E-state index contributed by atoms with van der Waals surface area (Å²) in [4.78, 5) is 15.6. The number of amides is 1. The van der Waals surface area contributed by atoms with Gasteiger partial charge in [0.15, 0.2) is 0 Å². The lowest BCUT2D eigenvalue weighted by molar-refractivity contribution is 0.0953. The van der Waals surface area contributed by atoms with Crippen molar-refractivity contribution in [2.45, 2.75) is 0 Å². The van der Waals surface area contributed by atoms with E-state index in [0.29, 0.717) is 12.2 Å². The highest BCUT2D eigenvalue weighted by Crippen LogP contribution is 2.20. The summed E-state index contributed by atoms with van der Waals surface area (Å²) in [6.07, 6.45) is 2.96. The molecule has 0 spiro atoms. The number of rotatable bonds is 5. The van der Waals surface area contributed by atoms with E-state index in [9.17, 15) is 13.6 Å². The van der Waals surface area contributed by atoms with Crippen LogP contribution >= 0.6 is 0 Å². The van der Waals surface area contributed by atoms with Gasteiger partial charge in [0.05, 0.1) is 17.6 Å². The lowest BCUT2D eigenvalue weighted by Crippen LogP contribution is -2.24. The maximum absolute atomic E-state index is 13.5. The molecule has 1 amide bonds. The number of nitrogens with zero attached hydrogens (tertiary/aromatic N) is 1. The summed E-state index contributed by atoms with van der Waals surface area (Å²) in [5, 5.41) is 5.35. The smallest absolute Gasteiger partial charge is 0.270 e. The number of aromatic nitrogens is 1. The van der Waals surface area contributed by atoms with Crippen LogP contribution in [0.1, 0.15) is 10.5 Å². The summed E-state index contributed by atoms with van der Waals surface area (Å²) < 4.78 is 26.3. The van der Waals surface area contributed by atoms with Gasteiger partial charge in [-0.1, -0.05) is 6.08 Å². The molecule has 0 aliphatic heterocycles. The van der Waals surface area contributed by atoms with E-state index in [-0.39, 0.29) is 17.3 Å². The van der Waals surface area contributed by atoms with Gasteiger partial charge in [-0.2, -0.15) is 0 Å². The highest BCUT2D eigenvalue weighted by atomic mass is 19.1. The van der Waals surface area contributed by atoms with Crippen LogP contribution in [-0.2, 0) is 0 Å². The quantitative estimate of drug-likeness (QED) is 0.832. The predicted octanol–water partition coefficient (Wildman–Crippen LogP) is 3.02. The Hall–Kier alpha value is -2.76. The monoisotopic (exact) mass is 289 g/mol.